The summed E-state index contributed by atoms with van der Waals surface area (Å²) in [6.07, 6.45) is 0. The number of halogens is 1. The van der Waals surface area contributed by atoms with Gasteiger partial charge in [-0.2, -0.15) is 0 Å². The Morgan fingerprint density at radius 2 is 2.16 bits per heavy atom. The van der Waals surface area contributed by atoms with Gasteiger partial charge in [0.1, 0.15) is 0 Å². The first-order valence-electron chi connectivity index (χ1n) is 8.12. The molecule has 0 aromatic heterocycles. The van der Waals surface area contributed by atoms with Gasteiger partial charge in [0, 0.05) is 44.2 Å². The molecular formula is C17H26ClN3O3S. The second-order valence-corrected chi connectivity index (χ2v) is 6.75. The molecule has 25 heavy (non-hydrogen) atoms. The molecule has 0 bridgehead atoms. The van der Waals surface area contributed by atoms with Gasteiger partial charge in [0.2, 0.25) is 5.91 Å². The second-order valence-electron chi connectivity index (χ2n) is 5.73. The van der Waals surface area contributed by atoms with Crippen LogP contribution in [0.25, 0.3) is 0 Å². The lowest BCUT2D eigenvalue weighted by atomic mass is 10.1. The summed E-state index contributed by atoms with van der Waals surface area (Å²) in [6, 6.07) is 7.78. The van der Waals surface area contributed by atoms with E-state index in [1.54, 1.807) is 7.11 Å². The van der Waals surface area contributed by atoms with Gasteiger partial charge in [-0.25, -0.2) is 0 Å². The fourth-order valence-corrected chi connectivity index (χ4v) is 3.42. The molecule has 2 N–H and O–H groups in total. The first kappa shape index (κ1) is 21.8. The number of rotatable bonds is 7. The molecule has 1 atom stereocenters. The van der Waals surface area contributed by atoms with Crippen LogP contribution in [0.1, 0.15) is 17.3 Å². The monoisotopic (exact) mass is 387 g/mol. The van der Waals surface area contributed by atoms with Crippen LogP contribution in [0.5, 0.6) is 0 Å². The van der Waals surface area contributed by atoms with E-state index in [2.05, 4.69) is 17.6 Å². The lowest BCUT2D eigenvalue weighted by molar-refractivity contribution is -0.118. The zero-order valence-corrected chi connectivity index (χ0v) is 16.3. The molecule has 1 saturated heterocycles. The number of nitrogens with one attached hydrogen (secondary N) is 2. The van der Waals surface area contributed by atoms with E-state index >= 15 is 0 Å². The normalized spacial score (nSPS) is 16.9. The number of hydrogen-bond acceptors (Lipinski definition) is 5. The summed E-state index contributed by atoms with van der Waals surface area (Å²) in [5.74, 6) is 0.257. The molecule has 0 spiro atoms. The van der Waals surface area contributed by atoms with Crippen LogP contribution in [0.15, 0.2) is 29.2 Å². The van der Waals surface area contributed by atoms with Gasteiger partial charge in [-0.3, -0.25) is 9.59 Å². The number of piperazine rings is 1. The lowest BCUT2D eigenvalue weighted by Gasteiger charge is -2.32. The third kappa shape index (κ3) is 6.86. The molecule has 8 heteroatoms. The second kappa shape index (κ2) is 11.4. The van der Waals surface area contributed by atoms with E-state index in [1.165, 1.54) is 11.8 Å². The van der Waals surface area contributed by atoms with Gasteiger partial charge in [-0.05, 0) is 19.1 Å². The minimum absolute atomic E-state index is 0. The largest absolute Gasteiger partial charge is 0.383 e. The molecular weight excluding hydrogens is 362 g/mol. The number of benzene rings is 1. The summed E-state index contributed by atoms with van der Waals surface area (Å²) in [7, 11) is 1.60. The van der Waals surface area contributed by atoms with Crippen LogP contribution >= 0.6 is 24.2 Å². The highest BCUT2D eigenvalue weighted by Crippen LogP contribution is 2.24. The predicted octanol–water partition coefficient (Wildman–Crippen LogP) is 1.40. The molecule has 0 saturated carbocycles. The maximum Gasteiger partial charge on any atom is 0.255 e. The minimum atomic E-state index is -0.0601. The molecule has 1 aliphatic heterocycles. The molecule has 1 aromatic rings. The van der Waals surface area contributed by atoms with Gasteiger partial charge in [0.25, 0.3) is 5.91 Å². The van der Waals surface area contributed by atoms with Crippen molar-refractivity contribution in [3.63, 3.8) is 0 Å². The minimum Gasteiger partial charge on any atom is -0.383 e. The van der Waals surface area contributed by atoms with Crippen molar-refractivity contribution in [3.8, 4) is 0 Å². The maximum atomic E-state index is 12.8. The molecule has 0 aliphatic carbocycles. The first-order chi connectivity index (χ1) is 11.6. The standard InChI is InChI=1S/C17H25N3O3S.ClH/c1-13-11-20(9-7-18-13)17(22)14-5-3-4-6-15(14)24-12-16(21)19-8-10-23-2;/h3-6,13,18H,7-12H2,1-2H3,(H,19,21);1H. The third-order valence-corrected chi connectivity index (χ3v) is 4.83. The van der Waals surface area contributed by atoms with Crippen LogP contribution in [0.3, 0.4) is 0 Å². The zero-order valence-electron chi connectivity index (χ0n) is 14.6. The summed E-state index contributed by atoms with van der Waals surface area (Å²) < 4.78 is 4.90. The molecule has 2 amide bonds. The van der Waals surface area contributed by atoms with Crippen molar-refractivity contribution in [2.45, 2.75) is 17.9 Å². The van der Waals surface area contributed by atoms with Crippen molar-refractivity contribution in [2.75, 3.05) is 45.6 Å². The topological polar surface area (TPSA) is 70.7 Å². The summed E-state index contributed by atoms with van der Waals surface area (Å²) in [6.45, 7) is 5.28. The number of carbonyl (C=O) groups is 2. The highest BCUT2D eigenvalue weighted by Gasteiger charge is 2.23. The number of carbonyl (C=O) groups excluding carboxylic acids is 2. The van der Waals surface area contributed by atoms with E-state index < -0.39 is 0 Å². The molecule has 140 valence electrons. The van der Waals surface area contributed by atoms with Crippen molar-refractivity contribution in [2.24, 2.45) is 0 Å². The van der Waals surface area contributed by atoms with Crippen molar-refractivity contribution < 1.29 is 14.3 Å². The van der Waals surface area contributed by atoms with Crippen LogP contribution in [0.2, 0.25) is 0 Å². The molecule has 0 radical (unpaired) electrons. The maximum absolute atomic E-state index is 12.8. The van der Waals surface area contributed by atoms with Gasteiger partial charge in [0.05, 0.1) is 17.9 Å². The highest BCUT2D eigenvalue weighted by atomic mass is 35.5. The van der Waals surface area contributed by atoms with Gasteiger partial charge in [-0.1, -0.05) is 12.1 Å². The Hall–Kier alpha value is -1.28. The van der Waals surface area contributed by atoms with Gasteiger partial charge >= 0.3 is 0 Å². The van der Waals surface area contributed by atoms with E-state index in [1.807, 2.05) is 29.2 Å². The fraction of sp³-hybridized carbons (Fsp3) is 0.529. The van der Waals surface area contributed by atoms with Crippen LogP contribution < -0.4 is 10.6 Å². The Bertz CT molecular complexity index is 574. The Balaban J connectivity index is 0.00000312. The van der Waals surface area contributed by atoms with Gasteiger partial charge < -0.3 is 20.3 Å². The number of ether oxygens (including phenoxy) is 1. The summed E-state index contributed by atoms with van der Waals surface area (Å²) >= 11 is 1.39. The average molecular weight is 388 g/mol. The Morgan fingerprint density at radius 3 is 2.88 bits per heavy atom. The summed E-state index contributed by atoms with van der Waals surface area (Å²) in [4.78, 5) is 27.3. The van der Waals surface area contributed by atoms with Crippen LogP contribution in [-0.4, -0.2) is 68.4 Å². The number of nitrogens with zero attached hydrogens (tertiary/aromatic N) is 1. The van der Waals surface area contributed by atoms with Crippen molar-refractivity contribution in [1.29, 1.82) is 0 Å². The number of hydrogen-bond donors (Lipinski definition) is 2. The number of amides is 2. The fourth-order valence-electron chi connectivity index (χ4n) is 2.54. The number of thioether (sulfide) groups is 1. The molecule has 1 unspecified atom stereocenters. The molecule has 2 rings (SSSR count). The van der Waals surface area contributed by atoms with Crippen molar-refractivity contribution >= 4 is 36.0 Å². The van der Waals surface area contributed by atoms with Gasteiger partial charge in [-0.15, -0.1) is 24.2 Å². The Labute approximate surface area is 159 Å². The number of methoxy groups -OCH3 is 1. The van der Waals surface area contributed by atoms with Crippen LogP contribution in [-0.2, 0) is 9.53 Å². The quantitative estimate of drug-likeness (QED) is 0.546. The van der Waals surface area contributed by atoms with Gasteiger partial charge in [0.15, 0.2) is 0 Å². The summed E-state index contributed by atoms with van der Waals surface area (Å²) in [5.41, 5.74) is 0.668. The van der Waals surface area contributed by atoms with E-state index in [9.17, 15) is 9.59 Å². The smallest absolute Gasteiger partial charge is 0.255 e. The molecule has 1 fully saturated rings. The van der Waals surface area contributed by atoms with E-state index in [0.29, 0.717) is 37.8 Å². The molecule has 1 heterocycles. The summed E-state index contributed by atoms with van der Waals surface area (Å²) in [5, 5.41) is 6.12. The third-order valence-electron chi connectivity index (χ3n) is 3.76. The van der Waals surface area contributed by atoms with Crippen molar-refractivity contribution in [3.05, 3.63) is 29.8 Å². The van der Waals surface area contributed by atoms with E-state index in [0.717, 1.165) is 11.4 Å². The Kier molecular flexibility index (Phi) is 9.89. The van der Waals surface area contributed by atoms with E-state index in [-0.39, 0.29) is 30.0 Å². The molecule has 1 aliphatic rings. The van der Waals surface area contributed by atoms with Crippen molar-refractivity contribution in [1.82, 2.24) is 15.5 Å². The molecule has 1 aromatic carbocycles. The SMILES string of the molecule is COCCNC(=O)CSc1ccccc1C(=O)N1CCNC(C)C1.Cl. The molecule has 6 nitrogen and oxygen atoms in total. The van der Waals surface area contributed by atoms with Crippen LogP contribution in [0, 0.1) is 0 Å². The van der Waals surface area contributed by atoms with Crippen LogP contribution in [0.4, 0.5) is 0 Å². The Morgan fingerprint density at radius 1 is 1.40 bits per heavy atom. The lowest BCUT2D eigenvalue weighted by Crippen LogP contribution is -2.51. The highest BCUT2D eigenvalue weighted by molar-refractivity contribution is 8.00. The zero-order chi connectivity index (χ0) is 17.4. The van der Waals surface area contributed by atoms with E-state index in [4.69, 9.17) is 4.74 Å². The first-order valence-corrected chi connectivity index (χ1v) is 9.10. The average Bonchev–Trinajstić information content (AvgIpc) is 2.60. The predicted molar refractivity (Wildman–Crippen MR) is 103 cm³/mol.